The van der Waals surface area contributed by atoms with Gasteiger partial charge in [0.2, 0.25) is 0 Å². The van der Waals surface area contributed by atoms with Crippen LogP contribution < -0.4 is 24.4 Å². The second kappa shape index (κ2) is 10.7. The number of nitrogens with zero attached hydrogens (tertiary/aromatic N) is 2. The number of phenols is 1. The molecule has 1 aliphatic rings. The molecular weight excluding hydrogens is 548 g/mol. The first kappa shape index (κ1) is 25.7. The molecule has 0 bridgehead atoms. The molecule has 0 saturated heterocycles. The van der Waals surface area contributed by atoms with E-state index < -0.39 is 12.0 Å². The number of methoxy groups -OCH3 is 1. The zero-order valence-electron chi connectivity index (χ0n) is 20.2. The van der Waals surface area contributed by atoms with Crippen LogP contribution in [0, 0.1) is 0 Å². The van der Waals surface area contributed by atoms with Gasteiger partial charge in [-0.2, -0.15) is 0 Å². The first-order chi connectivity index (χ1) is 17.3. The van der Waals surface area contributed by atoms with E-state index in [-0.39, 0.29) is 23.7 Å². The maximum Gasteiger partial charge on any atom is 0.338 e. The molecule has 2 heterocycles. The molecule has 3 aromatic rings. The van der Waals surface area contributed by atoms with Gasteiger partial charge in [0.25, 0.3) is 5.56 Å². The standard InChI is InChI=1S/C26H25BrN2O6S/c1-5-34-18-9-7-15(8-10-18)22-21(25(32)35-6-2)14(3)28-26-29(22)24(31)20(36-26)12-16-11-17(27)13-19(33-4)23(16)30/h7-13,22,30H,5-6H2,1-4H3/b20-12-/t22-/m1/s1. The minimum Gasteiger partial charge on any atom is -0.504 e. The summed E-state index contributed by atoms with van der Waals surface area (Å²) in [4.78, 5) is 31.7. The molecule has 36 heavy (non-hydrogen) atoms. The van der Waals surface area contributed by atoms with Crippen molar-refractivity contribution in [3.8, 4) is 17.2 Å². The lowest BCUT2D eigenvalue weighted by Gasteiger charge is -2.24. The van der Waals surface area contributed by atoms with E-state index in [2.05, 4.69) is 20.9 Å². The molecule has 0 amide bonds. The Morgan fingerprint density at radius 1 is 1.22 bits per heavy atom. The van der Waals surface area contributed by atoms with Crippen molar-refractivity contribution in [1.29, 1.82) is 0 Å². The van der Waals surface area contributed by atoms with Crippen molar-refractivity contribution >= 4 is 39.3 Å². The Morgan fingerprint density at radius 2 is 1.94 bits per heavy atom. The topological polar surface area (TPSA) is 99.4 Å². The largest absolute Gasteiger partial charge is 0.504 e. The molecule has 0 aliphatic carbocycles. The van der Waals surface area contributed by atoms with Crippen molar-refractivity contribution in [3.05, 3.63) is 83.0 Å². The molecule has 0 fully saturated rings. The molecule has 4 rings (SSSR count). The van der Waals surface area contributed by atoms with Crippen LogP contribution in [0.4, 0.5) is 0 Å². The number of carbonyl (C=O) groups excluding carboxylic acids is 1. The summed E-state index contributed by atoms with van der Waals surface area (Å²) in [5.41, 5.74) is 1.56. The van der Waals surface area contributed by atoms with Crippen molar-refractivity contribution in [3.63, 3.8) is 0 Å². The molecule has 0 unspecified atom stereocenters. The highest BCUT2D eigenvalue weighted by molar-refractivity contribution is 9.10. The Morgan fingerprint density at radius 3 is 2.58 bits per heavy atom. The summed E-state index contributed by atoms with van der Waals surface area (Å²) in [7, 11) is 1.45. The summed E-state index contributed by atoms with van der Waals surface area (Å²) in [5.74, 6) is 0.349. The third-order valence-corrected chi connectivity index (χ3v) is 7.04. The van der Waals surface area contributed by atoms with Crippen LogP contribution in [0.1, 0.15) is 37.9 Å². The number of carbonyl (C=O) groups is 1. The fourth-order valence-corrected chi connectivity index (χ4v) is 5.51. The maximum atomic E-state index is 13.7. The van der Waals surface area contributed by atoms with Crippen LogP contribution in [0.15, 0.2) is 61.9 Å². The van der Waals surface area contributed by atoms with Crippen molar-refractivity contribution in [1.82, 2.24) is 4.57 Å². The number of hydrogen-bond acceptors (Lipinski definition) is 8. The van der Waals surface area contributed by atoms with Crippen LogP contribution in [0.3, 0.4) is 0 Å². The number of phenolic OH excluding ortho intramolecular Hbond substituents is 1. The predicted octanol–water partition coefficient (Wildman–Crippen LogP) is 3.67. The zero-order valence-corrected chi connectivity index (χ0v) is 22.6. The molecule has 2 aromatic carbocycles. The fraction of sp³-hybridized carbons (Fsp3) is 0.269. The Kier molecular flexibility index (Phi) is 7.65. The van der Waals surface area contributed by atoms with Crippen molar-refractivity contribution in [2.75, 3.05) is 20.3 Å². The quantitative estimate of drug-likeness (QED) is 0.434. The van der Waals surface area contributed by atoms with Gasteiger partial charge in [-0.25, -0.2) is 9.79 Å². The van der Waals surface area contributed by atoms with E-state index in [9.17, 15) is 14.7 Å². The molecule has 188 valence electrons. The molecule has 10 heteroatoms. The summed E-state index contributed by atoms with van der Waals surface area (Å²) in [6.45, 7) is 6.08. The average molecular weight is 573 g/mol. The van der Waals surface area contributed by atoms with Gasteiger partial charge in [0.1, 0.15) is 5.75 Å². The number of rotatable bonds is 7. The van der Waals surface area contributed by atoms with E-state index in [1.54, 1.807) is 44.2 Å². The highest BCUT2D eigenvalue weighted by atomic mass is 79.9. The molecule has 0 saturated carbocycles. The minimum absolute atomic E-state index is 0.0852. The monoisotopic (exact) mass is 572 g/mol. The highest BCUT2D eigenvalue weighted by Gasteiger charge is 2.33. The molecule has 8 nitrogen and oxygen atoms in total. The predicted molar refractivity (Wildman–Crippen MR) is 140 cm³/mol. The zero-order chi connectivity index (χ0) is 26.0. The molecule has 1 N–H and O–H groups in total. The summed E-state index contributed by atoms with van der Waals surface area (Å²) < 4.78 is 18.6. The Bertz CT molecular complexity index is 1520. The molecular formula is C26H25BrN2O6S. The van der Waals surface area contributed by atoms with Gasteiger partial charge >= 0.3 is 5.97 Å². The summed E-state index contributed by atoms with van der Waals surface area (Å²) in [5, 5.41) is 10.6. The number of aromatic nitrogens is 1. The average Bonchev–Trinajstić information content (AvgIpc) is 3.15. The van der Waals surface area contributed by atoms with Gasteiger partial charge in [0, 0.05) is 10.0 Å². The third-order valence-electron chi connectivity index (χ3n) is 5.60. The molecule has 1 aromatic heterocycles. The van der Waals surface area contributed by atoms with Gasteiger partial charge < -0.3 is 19.3 Å². The summed E-state index contributed by atoms with van der Waals surface area (Å²) in [6, 6.07) is 9.86. The number of ether oxygens (including phenoxy) is 3. The molecule has 1 aliphatic heterocycles. The van der Waals surface area contributed by atoms with Crippen LogP contribution in [0.5, 0.6) is 17.2 Å². The smallest absolute Gasteiger partial charge is 0.338 e. The second-order valence-corrected chi connectivity index (χ2v) is 9.77. The Hall–Kier alpha value is -3.37. The molecule has 0 spiro atoms. The van der Waals surface area contributed by atoms with E-state index >= 15 is 0 Å². The van der Waals surface area contributed by atoms with Gasteiger partial charge in [-0.1, -0.05) is 39.4 Å². The first-order valence-electron chi connectivity index (χ1n) is 11.3. The molecule has 0 radical (unpaired) electrons. The van der Waals surface area contributed by atoms with E-state index in [0.29, 0.717) is 43.0 Å². The van der Waals surface area contributed by atoms with Crippen molar-refractivity contribution in [2.45, 2.75) is 26.8 Å². The van der Waals surface area contributed by atoms with E-state index in [1.165, 1.54) is 23.0 Å². The van der Waals surface area contributed by atoms with Gasteiger partial charge in [0.15, 0.2) is 16.3 Å². The SMILES string of the molecule is CCOC(=O)C1=C(C)N=c2s/c(=C\c3cc(Br)cc(OC)c3O)c(=O)n2[C@@H]1c1ccc(OCC)cc1. The van der Waals surface area contributed by atoms with Crippen molar-refractivity contribution in [2.24, 2.45) is 4.99 Å². The Balaban J connectivity index is 1.94. The van der Waals surface area contributed by atoms with Gasteiger partial charge in [-0.3, -0.25) is 9.36 Å². The van der Waals surface area contributed by atoms with Crippen LogP contribution >= 0.6 is 27.3 Å². The minimum atomic E-state index is -0.733. The highest BCUT2D eigenvalue weighted by Crippen LogP contribution is 2.34. The fourth-order valence-electron chi connectivity index (χ4n) is 4.02. The number of thiazole rings is 1. The third kappa shape index (κ3) is 4.83. The lowest BCUT2D eigenvalue weighted by Crippen LogP contribution is -2.39. The van der Waals surface area contributed by atoms with E-state index in [4.69, 9.17) is 14.2 Å². The maximum absolute atomic E-state index is 13.7. The van der Waals surface area contributed by atoms with Crippen LogP contribution in [0.25, 0.3) is 6.08 Å². The van der Waals surface area contributed by atoms with E-state index in [1.807, 2.05) is 19.1 Å². The van der Waals surface area contributed by atoms with Gasteiger partial charge in [-0.05, 0) is 56.7 Å². The number of hydrogen-bond donors (Lipinski definition) is 1. The number of allylic oxidation sites excluding steroid dienone is 1. The van der Waals surface area contributed by atoms with Crippen LogP contribution in [-0.4, -0.2) is 36.0 Å². The van der Waals surface area contributed by atoms with Crippen LogP contribution in [-0.2, 0) is 9.53 Å². The number of halogens is 1. The number of aromatic hydroxyl groups is 1. The molecule has 1 atom stereocenters. The number of fused-ring (bicyclic) bond motifs is 1. The summed E-state index contributed by atoms with van der Waals surface area (Å²) >= 11 is 4.58. The van der Waals surface area contributed by atoms with Crippen LogP contribution in [0.2, 0.25) is 0 Å². The first-order valence-corrected chi connectivity index (χ1v) is 12.9. The summed E-state index contributed by atoms with van der Waals surface area (Å²) in [6.07, 6.45) is 1.59. The Labute approximate surface area is 219 Å². The lowest BCUT2D eigenvalue weighted by molar-refractivity contribution is -0.139. The normalized spacial score (nSPS) is 15.4. The van der Waals surface area contributed by atoms with E-state index in [0.717, 1.165) is 5.56 Å². The lowest BCUT2D eigenvalue weighted by atomic mass is 9.96. The van der Waals surface area contributed by atoms with Gasteiger partial charge in [-0.15, -0.1) is 0 Å². The number of benzene rings is 2. The number of esters is 1. The van der Waals surface area contributed by atoms with Gasteiger partial charge in [0.05, 0.1) is 42.2 Å². The second-order valence-electron chi connectivity index (χ2n) is 7.85. The van der Waals surface area contributed by atoms with Crippen molar-refractivity contribution < 1.29 is 24.1 Å².